The number of likely N-dealkylation sites (N-methyl/N-ethyl adjacent to an activating group) is 1. The van der Waals surface area contributed by atoms with Crippen molar-refractivity contribution in [2.24, 2.45) is 5.92 Å². The van der Waals surface area contributed by atoms with Gasteiger partial charge in [0.05, 0.1) is 5.69 Å². The van der Waals surface area contributed by atoms with Crippen LogP contribution in [0.3, 0.4) is 0 Å². The van der Waals surface area contributed by atoms with Crippen molar-refractivity contribution in [3.63, 3.8) is 0 Å². The molecule has 1 atom stereocenters. The van der Waals surface area contributed by atoms with Crippen LogP contribution in [0.1, 0.15) is 13.8 Å². The lowest BCUT2D eigenvalue weighted by molar-refractivity contribution is 0.314. The predicted octanol–water partition coefficient (Wildman–Crippen LogP) is 0.988. The number of rotatable bonds is 7. The SMILES string of the molecule is CNc1ccncc1S(=O)(=O)NC(CN(C)C)C(C)C. The Morgan fingerprint density at radius 2 is 2.00 bits per heavy atom. The van der Waals surface area contributed by atoms with E-state index >= 15 is 0 Å². The number of aromatic nitrogens is 1. The average molecular weight is 300 g/mol. The Morgan fingerprint density at radius 3 is 2.50 bits per heavy atom. The van der Waals surface area contributed by atoms with Gasteiger partial charge in [0.1, 0.15) is 4.90 Å². The van der Waals surface area contributed by atoms with Crippen LogP contribution in [0.15, 0.2) is 23.4 Å². The molecule has 114 valence electrons. The summed E-state index contributed by atoms with van der Waals surface area (Å²) in [6, 6.07) is 1.49. The Balaban J connectivity index is 3.03. The van der Waals surface area contributed by atoms with E-state index in [4.69, 9.17) is 0 Å². The molecule has 20 heavy (non-hydrogen) atoms. The minimum Gasteiger partial charge on any atom is -0.387 e. The molecule has 0 aliphatic carbocycles. The quantitative estimate of drug-likeness (QED) is 0.785. The largest absolute Gasteiger partial charge is 0.387 e. The van der Waals surface area contributed by atoms with E-state index in [1.165, 1.54) is 6.20 Å². The van der Waals surface area contributed by atoms with Crippen molar-refractivity contribution >= 4 is 15.7 Å². The van der Waals surface area contributed by atoms with Gasteiger partial charge < -0.3 is 10.2 Å². The zero-order chi connectivity index (χ0) is 15.3. The molecule has 6 nitrogen and oxygen atoms in total. The topological polar surface area (TPSA) is 74.3 Å². The van der Waals surface area contributed by atoms with E-state index < -0.39 is 10.0 Å². The summed E-state index contributed by atoms with van der Waals surface area (Å²) in [4.78, 5) is 6.04. The highest BCUT2D eigenvalue weighted by Gasteiger charge is 2.25. The van der Waals surface area contributed by atoms with Crippen LogP contribution in [0.4, 0.5) is 5.69 Å². The number of hydrogen-bond acceptors (Lipinski definition) is 5. The Hall–Kier alpha value is -1.18. The summed E-state index contributed by atoms with van der Waals surface area (Å²) in [6.07, 6.45) is 2.92. The molecule has 0 aliphatic heterocycles. The van der Waals surface area contributed by atoms with Gasteiger partial charge in [0.2, 0.25) is 10.0 Å². The fraction of sp³-hybridized carbons (Fsp3) is 0.615. The third-order valence-electron chi connectivity index (χ3n) is 3.02. The second-order valence-electron chi connectivity index (χ2n) is 5.36. The van der Waals surface area contributed by atoms with E-state index in [0.717, 1.165) is 0 Å². The summed E-state index contributed by atoms with van der Waals surface area (Å²) >= 11 is 0. The first-order valence-corrected chi connectivity index (χ1v) is 8.05. The van der Waals surface area contributed by atoms with E-state index in [9.17, 15) is 8.42 Å². The fourth-order valence-electron chi connectivity index (χ4n) is 1.84. The summed E-state index contributed by atoms with van der Waals surface area (Å²) < 4.78 is 27.8. The van der Waals surface area contributed by atoms with E-state index in [-0.39, 0.29) is 16.9 Å². The van der Waals surface area contributed by atoms with Crippen molar-refractivity contribution in [2.45, 2.75) is 24.8 Å². The van der Waals surface area contributed by atoms with Gasteiger partial charge in [-0.25, -0.2) is 13.1 Å². The van der Waals surface area contributed by atoms with Gasteiger partial charge >= 0.3 is 0 Å². The number of sulfonamides is 1. The summed E-state index contributed by atoms with van der Waals surface area (Å²) in [5.74, 6) is 0.196. The molecule has 0 fully saturated rings. The third-order valence-corrected chi connectivity index (χ3v) is 4.53. The molecule has 1 aromatic heterocycles. The van der Waals surface area contributed by atoms with Gasteiger partial charge in [-0.15, -0.1) is 0 Å². The van der Waals surface area contributed by atoms with E-state index in [0.29, 0.717) is 12.2 Å². The van der Waals surface area contributed by atoms with Gasteiger partial charge in [-0.2, -0.15) is 0 Å². The third kappa shape index (κ3) is 4.43. The van der Waals surface area contributed by atoms with Crippen LogP contribution in [0.25, 0.3) is 0 Å². The monoisotopic (exact) mass is 300 g/mol. The first-order chi connectivity index (χ1) is 9.27. The molecule has 1 rings (SSSR count). The number of hydrogen-bond donors (Lipinski definition) is 2. The summed E-state index contributed by atoms with van der Waals surface area (Å²) in [5.41, 5.74) is 0.542. The van der Waals surface area contributed by atoms with Crippen molar-refractivity contribution < 1.29 is 8.42 Å². The van der Waals surface area contributed by atoms with Crippen molar-refractivity contribution in [3.05, 3.63) is 18.5 Å². The van der Waals surface area contributed by atoms with Gasteiger partial charge in [-0.05, 0) is 26.1 Å². The van der Waals surface area contributed by atoms with Crippen molar-refractivity contribution in [1.29, 1.82) is 0 Å². The van der Waals surface area contributed by atoms with Crippen molar-refractivity contribution in [1.82, 2.24) is 14.6 Å². The molecule has 0 saturated carbocycles. The van der Waals surface area contributed by atoms with Gasteiger partial charge in [0.15, 0.2) is 0 Å². The molecular formula is C13H24N4O2S. The normalized spacial score (nSPS) is 13.8. The number of pyridine rings is 1. The molecule has 1 unspecified atom stereocenters. The Morgan fingerprint density at radius 1 is 1.35 bits per heavy atom. The minimum atomic E-state index is -3.59. The minimum absolute atomic E-state index is 0.153. The summed E-state index contributed by atoms with van der Waals surface area (Å²) in [6.45, 7) is 4.64. The van der Waals surface area contributed by atoms with Crippen LogP contribution in [-0.2, 0) is 10.0 Å². The zero-order valence-electron chi connectivity index (χ0n) is 12.7. The first kappa shape index (κ1) is 16.9. The number of anilines is 1. The molecule has 0 aliphatic rings. The van der Waals surface area contributed by atoms with Crippen LogP contribution in [0.2, 0.25) is 0 Å². The van der Waals surface area contributed by atoms with Crippen LogP contribution in [0, 0.1) is 5.92 Å². The highest BCUT2D eigenvalue weighted by atomic mass is 32.2. The molecule has 7 heteroatoms. The van der Waals surface area contributed by atoms with Crippen molar-refractivity contribution in [3.8, 4) is 0 Å². The Labute approximate surface area is 121 Å². The van der Waals surface area contributed by atoms with E-state index in [1.807, 2.05) is 32.8 Å². The van der Waals surface area contributed by atoms with Crippen LogP contribution in [0.5, 0.6) is 0 Å². The molecule has 0 amide bonds. The molecule has 1 aromatic rings. The zero-order valence-corrected chi connectivity index (χ0v) is 13.5. The summed E-state index contributed by atoms with van der Waals surface area (Å²) in [7, 11) is 1.94. The van der Waals surface area contributed by atoms with Crippen LogP contribution >= 0.6 is 0 Å². The molecule has 0 spiro atoms. The molecule has 0 bridgehead atoms. The van der Waals surface area contributed by atoms with Gasteiger partial charge in [-0.3, -0.25) is 4.98 Å². The molecule has 2 N–H and O–H groups in total. The Kier molecular flexibility index (Phi) is 5.91. The fourth-order valence-corrected chi connectivity index (χ4v) is 3.37. The van der Waals surface area contributed by atoms with Crippen molar-refractivity contribution in [2.75, 3.05) is 33.0 Å². The lowest BCUT2D eigenvalue weighted by Gasteiger charge is -2.25. The lowest BCUT2D eigenvalue weighted by Crippen LogP contribution is -2.45. The molecule has 0 radical (unpaired) electrons. The lowest BCUT2D eigenvalue weighted by atomic mass is 10.1. The van der Waals surface area contributed by atoms with E-state index in [2.05, 4.69) is 15.0 Å². The maximum atomic E-state index is 12.5. The molecule has 1 heterocycles. The first-order valence-electron chi connectivity index (χ1n) is 6.56. The second kappa shape index (κ2) is 7.01. The maximum absolute atomic E-state index is 12.5. The molecular weight excluding hydrogens is 276 g/mol. The van der Waals surface area contributed by atoms with Crippen LogP contribution in [-0.4, -0.2) is 52.0 Å². The molecule has 0 saturated heterocycles. The predicted molar refractivity (Wildman–Crippen MR) is 81.3 cm³/mol. The number of nitrogens with one attached hydrogen (secondary N) is 2. The smallest absolute Gasteiger partial charge is 0.244 e. The maximum Gasteiger partial charge on any atom is 0.244 e. The van der Waals surface area contributed by atoms with E-state index in [1.54, 1.807) is 19.3 Å². The van der Waals surface area contributed by atoms with Gasteiger partial charge in [0.25, 0.3) is 0 Å². The molecule has 0 aromatic carbocycles. The Bertz CT molecular complexity index is 529. The standard InChI is InChI=1S/C13H24N4O2S/c1-10(2)12(9-17(4)5)16-20(18,19)13-8-15-7-6-11(13)14-3/h6-8,10,12,16H,9H2,1-5H3,(H,14,15). The summed E-state index contributed by atoms with van der Waals surface area (Å²) in [5, 5.41) is 2.88. The van der Waals surface area contributed by atoms with Crippen LogP contribution < -0.4 is 10.0 Å². The highest BCUT2D eigenvalue weighted by Crippen LogP contribution is 2.19. The average Bonchev–Trinajstić information content (AvgIpc) is 2.37. The van der Waals surface area contributed by atoms with Gasteiger partial charge in [0, 0.05) is 32.0 Å². The number of nitrogens with zero attached hydrogens (tertiary/aromatic N) is 2. The highest BCUT2D eigenvalue weighted by molar-refractivity contribution is 7.89. The second-order valence-corrected chi connectivity index (χ2v) is 7.04. The van der Waals surface area contributed by atoms with Gasteiger partial charge in [-0.1, -0.05) is 13.8 Å².